The summed E-state index contributed by atoms with van der Waals surface area (Å²) < 4.78 is 5.62. The Labute approximate surface area is 157 Å². The van der Waals surface area contributed by atoms with Crippen molar-refractivity contribution in [1.29, 1.82) is 0 Å². The second-order valence-electron chi connectivity index (χ2n) is 6.18. The van der Waals surface area contributed by atoms with Gasteiger partial charge in [-0.3, -0.25) is 9.69 Å². The summed E-state index contributed by atoms with van der Waals surface area (Å²) in [4.78, 5) is 16.0. The summed E-state index contributed by atoms with van der Waals surface area (Å²) in [7, 11) is 0. The van der Waals surface area contributed by atoms with Crippen LogP contribution in [0.1, 0.15) is 41.4 Å². The van der Waals surface area contributed by atoms with Gasteiger partial charge < -0.3 is 9.73 Å². The summed E-state index contributed by atoms with van der Waals surface area (Å²) in [6.07, 6.45) is 7.31. The first-order chi connectivity index (χ1) is 12.2. The molecule has 6 heteroatoms. The average molecular weight is 379 g/mol. The van der Waals surface area contributed by atoms with Crippen molar-refractivity contribution < 1.29 is 9.21 Å². The van der Waals surface area contributed by atoms with Gasteiger partial charge in [0.2, 0.25) is 0 Å². The van der Waals surface area contributed by atoms with Crippen LogP contribution in [-0.4, -0.2) is 36.7 Å². The van der Waals surface area contributed by atoms with Crippen LogP contribution in [0.5, 0.6) is 0 Å². The average Bonchev–Trinajstić information content (AvgIpc) is 3.17. The van der Waals surface area contributed by atoms with Gasteiger partial charge in [-0.25, -0.2) is 0 Å². The minimum atomic E-state index is -0.144. The Morgan fingerprint density at radius 2 is 2.12 bits per heavy atom. The topological polar surface area (TPSA) is 45.5 Å². The monoisotopic (exact) mass is 378 g/mol. The summed E-state index contributed by atoms with van der Waals surface area (Å²) in [6.45, 7) is 2.57. The van der Waals surface area contributed by atoms with Gasteiger partial charge in [-0.2, -0.15) is 0 Å². The minimum absolute atomic E-state index is 0.0572. The van der Waals surface area contributed by atoms with Crippen LogP contribution >= 0.6 is 23.4 Å². The molecule has 1 N–H and O–H groups in total. The van der Waals surface area contributed by atoms with Gasteiger partial charge in [0.05, 0.1) is 22.9 Å². The van der Waals surface area contributed by atoms with Gasteiger partial charge in [0.25, 0.3) is 5.91 Å². The number of thioether (sulfide) groups is 1. The number of furan rings is 1. The fraction of sp³-hybridized carbons (Fsp3) is 0.421. The molecular weight excluding hydrogens is 356 g/mol. The van der Waals surface area contributed by atoms with E-state index in [0.717, 1.165) is 23.7 Å². The number of benzene rings is 1. The van der Waals surface area contributed by atoms with Crippen LogP contribution in [0.2, 0.25) is 5.02 Å². The lowest BCUT2D eigenvalue weighted by atomic mass is 10.1. The number of nitrogens with zero attached hydrogens (tertiary/aromatic N) is 1. The molecule has 0 saturated carbocycles. The molecule has 0 aliphatic carbocycles. The number of hydrogen-bond acceptors (Lipinski definition) is 4. The first kappa shape index (κ1) is 18.4. The summed E-state index contributed by atoms with van der Waals surface area (Å²) in [5, 5.41) is 3.52. The SMILES string of the molecule is CSc1ccc(Cl)c(C(=O)NCC(c2ccco2)N2CCCCC2)c1. The Balaban J connectivity index is 1.71. The first-order valence-corrected chi connectivity index (χ1v) is 10.2. The highest BCUT2D eigenvalue weighted by atomic mass is 35.5. The van der Waals surface area contributed by atoms with Crippen LogP contribution in [0.25, 0.3) is 0 Å². The number of nitrogens with one attached hydrogen (secondary N) is 1. The summed E-state index contributed by atoms with van der Waals surface area (Å²) >= 11 is 7.80. The molecule has 0 radical (unpaired) electrons. The molecule has 0 bridgehead atoms. The maximum Gasteiger partial charge on any atom is 0.252 e. The number of likely N-dealkylation sites (tertiary alicyclic amines) is 1. The summed E-state index contributed by atoms with van der Waals surface area (Å²) in [5.74, 6) is 0.751. The molecule has 1 aromatic heterocycles. The molecule has 2 aromatic rings. The quantitative estimate of drug-likeness (QED) is 0.745. The molecule has 1 aliphatic heterocycles. The fourth-order valence-electron chi connectivity index (χ4n) is 3.21. The van der Waals surface area contributed by atoms with E-state index in [1.807, 2.05) is 30.5 Å². The Morgan fingerprint density at radius 3 is 2.80 bits per heavy atom. The molecule has 1 fully saturated rings. The third-order valence-corrected chi connectivity index (χ3v) is 5.63. The minimum Gasteiger partial charge on any atom is -0.468 e. The van der Waals surface area contributed by atoms with Gasteiger partial charge in [-0.1, -0.05) is 18.0 Å². The predicted octanol–water partition coefficient (Wildman–Crippen LogP) is 4.61. The van der Waals surface area contributed by atoms with Crippen molar-refractivity contribution in [2.45, 2.75) is 30.2 Å². The molecular formula is C19H23ClN2O2S. The Kier molecular flexibility index (Phi) is 6.45. The van der Waals surface area contributed by atoms with E-state index >= 15 is 0 Å². The summed E-state index contributed by atoms with van der Waals surface area (Å²) in [5.41, 5.74) is 0.519. The standard InChI is InChI=1S/C19H23ClN2O2S/c1-25-14-7-8-16(20)15(12-14)19(23)21-13-17(18-6-5-11-24-18)22-9-3-2-4-10-22/h5-8,11-12,17H,2-4,9-10,13H2,1H3,(H,21,23). The second-order valence-corrected chi connectivity index (χ2v) is 7.47. The van der Waals surface area contributed by atoms with Gasteiger partial charge >= 0.3 is 0 Å². The van der Waals surface area contributed by atoms with Crippen molar-refractivity contribution in [3.63, 3.8) is 0 Å². The third-order valence-electron chi connectivity index (χ3n) is 4.58. The maximum absolute atomic E-state index is 12.6. The molecule has 4 nitrogen and oxygen atoms in total. The number of halogens is 1. The lowest BCUT2D eigenvalue weighted by molar-refractivity contribution is 0.0914. The molecule has 2 heterocycles. The van der Waals surface area contributed by atoms with E-state index in [0.29, 0.717) is 17.1 Å². The molecule has 3 rings (SSSR count). The number of carbonyl (C=O) groups excluding carboxylic acids is 1. The lowest BCUT2D eigenvalue weighted by Gasteiger charge is -2.33. The second kappa shape index (κ2) is 8.79. The van der Waals surface area contributed by atoms with Crippen molar-refractivity contribution in [1.82, 2.24) is 10.2 Å². The molecule has 0 spiro atoms. The fourth-order valence-corrected chi connectivity index (χ4v) is 3.85. The van der Waals surface area contributed by atoms with E-state index in [2.05, 4.69) is 10.2 Å². The zero-order chi connectivity index (χ0) is 17.6. The Morgan fingerprint density at radius 1 is 1.32 bits per heavy atom. The predicted molar refractivity (Wildman–Crippen MR) is 102 cm³/mol. The van der Waals surface area contributed by atoms with Crippen LogP contribution in [0.3, 0.4) is 0 Å². The Hall–Kier alpha value is -1.43. The highest BCUT2D eigenvalue weighted by molar-refractivity contribution is 7.98. The van der Waals surface area contributed by atoms with Crippen molar-refractivity contribution in [3.8, 4) is 0 Å². The zero-order valence-electron chi connectivity index (χ0n) is 14.3. The smallest absolute Gasteiger partial charge is 0.252 e. The highest BCUT2D eigenvalue weighted by Crippen LogP contribution is 2.26. The first-order valence-electron chi connectivity index (χ1n) is 8.58. The lowest BCUT2D eigenvalue weighted by Crippen LogP contribution is -2.40. The van der Waals surface area contributed by atoms with Crippen LogP contribution in [0, 0.1) is 0 Å². The normalized spacial score (nSPS) is 16.6. The molecule has 1 unspecified atom stereocenters. The number of hydrogen-bond donors (Lipinski definition) is 1. The van der Waals surface area contributed by atoms with E-state index in [4.69, 9.17) is 16.0 Å². The molecule has 1 aromatic carbocycles. The van der Waals surface area contributed by atoms with E-state index in [9.17, 15) is 4.79 Å². The van der Waals surface area contributed by atoms with Gasteiger partial charge in [0, 0.05) is 11.4 Å². The van der Waals surface area contributed by atoms with Crippen LogP contribution in [-0.2, 0) is 0 Å². The van der Waals surface area contributed by atoms with E-state index in [-0.39, 0.29) is 11.9 Å². The van der Waals surface area contributed by atoms with Crippen LogP contribution in [0.15, 0.2) is 45.9 Å². The van der Waals surface area contributed by atoms with Crippen molar-refractivity contribution in [2.24, 2.45) is 0 Å². The van der Waals surface area contributed by atoms with E-state index < -0.39 is 0 Å². The van der Waals surface area contributed by atoms with E-state index in [1.165, 1.54) is 19.3 Å². The number of carbonyl (C=O) groups is 1. The number of amides is 1. The molecule has 1 amide bonds. The molecule has 1 saturated heterocycles. The van der Waals surface area contributed by atoms with Crippen LogP contribution in [0.4, 0.5) is 0 Å². The van der Waals surface area contributed by atoms with Gasteiger partial charge in [-0.05, 0) is 62.5 Å². The maximum atomic E-state index is 12.6. The van der Waals surface area contributed by atoms with Crippen molar-refractivity contribution in [3.05, 3.63) is 52.9 Å². The van der Waals surface area contributed by atoms with Gasteiger partial charge in [0.15, 0.2) is 0 Å². The largest absolute Gasteiger partial charge is 0.468 e. The van der Waals surface area contributed by atoms with Crippen molar-refractivity contribution in [2.75, 3.05) is 25.9 Å². The summed E-state index contributed by atoms with van der Waals surface area (Å²) in [6, 6.07) is 9.46. The number of piperidine rings is 1. The van der Waals surface area contributed by atoms with Crippen LogP contribution < -0.4 is 5.32 Å². The molecule has 1 aliphatic rings. The van der Waals surface area contributed by atoms with Gasteiger partial charge in [0.1, 0.15) is 5.76 Å². The molecule has 134 valence electrons. The van der Waals surface area contributed by atoms with Crippen molar-refractivity contribution >= 4 is 29.3 Å². The Bertz CT molecular complexity index is 699. The zero-order valence-corrected chi connectivity index (χ0v) is 15.9. The third kappa shape index (κ3) is 4.60. The highest BCUT2D eigenvalue weighted by Gasteiger charge is 2.25. The number of rotatable bonds is 6. The van der Waals surface area contributed by atoms with E-state index in [1.54, 1.807) is 24.1 Å². The molecule has 25 heavy (non-hydrogen) atoms. The molecule has 1 atom stereocenters. The van der Waals surface area contributed by atoms with Gasteiger partial charge in [-0.15, -0.1) is 11.8 Å².